The van der Waals surface area contributed by atoms with E-state index in [1.807, 2.05) is 0 Å². The van der Waals surface area contributed by atoms with E-state index in [0.717, 1.165) is 39.0 Å². The molecule has 0 amide bonds. The molecular weight excluding hydrogens is 232 g/mol. The van der Waals surface area contributed by atoms with Gasteiger partial charge in [-0.15, -0.1) is 0 Å². The van der Waals surface area contributed by atoms with E-state index in [0.29, 0.717) is 12.5 Å². The Hall–Kier alpha value is -0.650. The SMILES string of the molecule is COCC(CC(=O)O)(C1CC1)N1CCN(C)CC1. The predicted octanol–water partition coefficient (Wildman–Crippen LogP) is 0.504. The van der Waals surface area contributed by atoms with Crippen LogP contribution in [0.1, 0.15) is 19.3 Å². The van der Waals surface area contributed by atoms with Crippen molar-refractivity contribution in [3.05, 3.63) is 0 Å². The molecule has 0 radical (unpaired) electrons. The second-order valence-electron chi connectivity index (χ2n) is 5.67. The molecule has 18 heavy (non-hydrogen) atoms. The fourth-order valence-corrected chi connectivity index (χ4v) is 3.16. The van der Waals surface area contributed by atoms with Crippen LogP contribution >= 0.6 is 0 Å². The molecule has 1 saturated heterocycles. The van der Waals surface area contributed by atoms with E-state index in [-0.39, 0.29) is 12.0 Å². The molecule has 1 heterocycles. The van der Waals surface area contributed by atoms with Gasteiger partial charge in [0.05, 0.1) is 18.6 Å². The maximum Gasteiger partial charge on any atom is 0.305 e. The average molecular weight is 256 g/mol. The topological polar surface area (TPSA) is 53.0 Å². The Kier molecular flexibility index (Phi) is 4.25. The number of nitrogens with zero attached hydrogens (tertiary/aromatic N) is 2. The Balaban J connectivity index is 2.13. The number of likely N-dealkylation sites (N-methyl/N-ethyl adjacent to an activating group) is 1. The van der Waals surface area contributed by atoms with E-state index in [2.05, 4.69) is 16.8 Å². The third-order valence-electron chi connectivity index (χ3n) is 4.32. The molecule has 0 aromatic heterocycles. The molecule has 0 aromatic carbocycles. The first kappa shape index (κ1) is 13.8. The third kappa shape index (κ3) is 2.84. The first-order valence-electron chi connectivity index (χ1n) is 6.73. The summed E-state index contributed by atoms with van der Waals surface area (Å²) in [6, 6.07) is 0. The summed E-state index contributed by atoms with van der Waals surface area (Å²) in [5.41, 5.74) is -0.276. The van der Waals surface area contributed by atoms with Crippen molar-refractivity contribution in [1.82, 2.24) is 9.80 Å². The maximum atomic E-state index is 11.2. The van der Waals surface area contributed by atoms with Crippen LogP contribution in [-0.2, 0) is 9.53 Å². The summed E-state index contributed by atoms with van der Waals surface area (Å²) in [4.78, 5) is 15.9. The largest absolute Gasteiger partial charge is 0.481 e. The van der Waals surface area contributed by atoms with E-state index >= 15 is 0 Å². The van der Waals surface area contributed by atoms with Gasteiger partial charge in [-0.25, -0.2) is 0 Å². The lowest BCUT2D eigenvalue weighted by molar-refractivity contribution is -0.143. The minimum atomic E-state index is -0.710. The highest BCUT2D eigenvalue weighted by atomic mass is 16.5. The van der Waals surface area contributed by atoms with Gasteiger partial charge in [0, 0.05) is 33.3 Å². The summed E-state index contributed by atoms with van der Waals surface area (Å²) in [5.74, 6) is -0.213. The maximum absolute atomic E-state index is 11.2. The molecule has 1 aliphatic carbocycles. The van der Waals surface area contributed by atoms with E-state index in [1.54, 1.807) is 7.11 Å². The molecule has 1 aliphatic heterocycles. The van der Waals surface area contributed by atoms with Crippen LogP contribution in [-0.4, -0.2) is 73.4 Å². The normalized spacial score (nSPS) is 25.9. The standard InChI is InChI=1S/C13H24N2O3/c1-14-5-7-15(8-6-14)13(10-18-2,9-12(16)17)11-3-4-11/h11H,3-10H2,1-2H3,(H,16,17). The van der Waals surface area contributed by atoms with Gasteiger partial charge in [-0.05, 0) is 25.8 Å². The summed E-state index contributed by atoms with van der Waals surface area (Å²) in [7, 11) is 3.79. The number of piperazine rings is 1. The van der Waals surface area contributed by atoms with Crippen LogP contribution in [0.25, 0.3) is 0 Å². The fraction of sp³-hybridized carbons (Fsp3) is 0.923. The number of methoxy groups -OCH3 is 1. The lowest BCUT2D eigenvalue weighted by Gasteiger charge is -2.47. The lowest BCUT2D eigenvalue weighted by Crippen LogP contribution is -2.60. The molecule has 1 N–H and O–H groups in total. The quantitative estimate of drug-likeness (QED) is 0.750. The molecule has 2 aliphatic rings. The molecule has 0 aromatic rings. The number of aliphatic carboxylic acids is 1. The Morgan fingerprint density at radius 1 is 1.33 bits per heavy atom. The van der Waals surface area contributed by atoms with Crippen molar-refractivity contribution in [3.63, 3.8) is 0 Å². The van der Waals surface area contributed by atoms with E-state index in [9.17, 15) is 9.90 Å². The minimum absolute atomic E-state index is 0.204. The van der Waals surface area contributed by atoms with Gasteiger partial charge in [-0.3, -0.25) is 9.69 Å². The number of hydrogen-bond donors (Lipinski definition) is 1. The summed E-state index contributed by atoms with van der Waals surface area (Å²) < 4.78 is 5.37. The summed E-state index contributed by atoms with van der Waals surface area (Å²) in [6.07, 6.45) is 2.49. The average Bonchev–Trinajstić information content (AvgIpc) is 3.12. The molecule has 1 atom stereocenters. The summed E-state index contributed by atoms with van der Waals surface area (Å²) in [5, 5.41) is 9.24. The zero-order valence-electron chi connectivity index (χ0n) is 11.4. The van der Waals surface area contributed by atoms with Crippen molar-refractivity contribution >= 4 is 5.97 Å². The van der Waals surface area contributed by atoms with Gasteiger partial charge in [-0.1, -0.05) is 0 Å². The van der Waals surface area contributed by atoms with Gasteiger partial charge in [0.25, 0.3) is 0 Å². The second kappa shape index (κ2) is 5.55. The van der Waals surface area contributed by atoms with E-state index in [1.165, 1.54) is 0 Å². The van der Waals surface area contributed by atoms with E-state index < -0.39 is 5.97 Å². The molecule has 5 heteroatoms. The number of rotatable bonds is 6. The molecule has 1 saturated carbocycles. The molecule has 5 nitrogen and oxygen atoms in total. The number of carboxylic acid groups (broad SMARTS) is 1. The van der Waals surface area contributed by atoms with Crippen LogP contribution in [0.4, 0.5) is 0 Å². The van der Waals surface area contributed by atoms with Crippen LogP contribution in [0.2, 0.25) is 0 Å². The van der Waals surface area contributed by atoms with Crippen LogP contribution < -0.4 is 0 Å². The fourth-order valence-electron chi connectivity index (χ4n) is 3.16. The molecule has 104 valence electrons. The van der Waals surface area contributed by atoms with Gasteiger partial charge >= 0.3 is 5.97 Å². The first-order chi connectivity index (χ1) is 8.58. The van der Waals surface area contributed by atoms with Crippen molar-refractivity contribution in [2.24, 2.45) is 5.92 Å². The zero-order valence-corrected chi connectivity index (χ0v) is 11.4. The van der Waals surface area contributed by atoms with Gasteiger partial charge < -0.3 is 14.7 Å². The predicted molar refractivity (Wildman–Crippen MR) is 68.7 cm³/mol. The highest BCUT2D eigenvalue weighted by Gasteiger charge is 2.50. The van der Waals surface area contributed by atoms with Crippen molar-refractivity contribution in [2.75, 3.05) is 46.9 Å². The lowest BCUT2D eigenvalue weighted by atomic mass is 9.87. The van der Waals surface area contributed by atoms with Crippen molar-refractivity contribution in [1.29, 1.82) is 0 Å². The van der Waals surface area contributed by atoms with Crippen molar-refractivity contribution in [3.8, 4) is 0 Å². The highest BCUT2D eigenvalue weighted by Crippen LogP contribution is 2.45. The van der Waals surface area contributed by atoms with Crippen molar-refractivity contribution in [2.45, 2.75) is 24.8 Å². The molecule has 2 fully saturated rings. The van der Waals surface area contributed by atoms with Gasteiger partial charge in [0.2, 0.25) is 0 Å². The first-order valence-corrected chi connectivity index (χ1v) is 6.73. The molecule has 1 unspecified atom stereocenters. The summed E-state index contributed by atoms with van der Waals surface area (Å²) >= 11 is 0. The van der Waals surface area contributed by atoms with Crippen LogP contribution in [0, 0.1) is 5.92 Å². The number of hydrogen-bond acceptors (Lipinski definition) is 4. The molecule has 2 rings (SSSR count). The van der Waals surface area contributed by atoms with Gasteiger partial charge in [-0.2, -0.15) is 0 Å². The summed E-state index contributed by atoms with van der Waals surface area (Å²) in [6.45, 7) is 4.45. The Bertz CT molecular complexity index is 299. The Labute approximate surface area is 109 Å². The van der Waals surface area contributed by atoms with Crippen molar-refractivity contribution < 1.29 is 14.6 Å². The Morgan fingerprint density at radius 3 is 2.39 bits per heavy atom. The van der Waals surface area contributed by atoms with E-state index in [4.69, 9.17) is 4.74 Å². The smallest absolute Gasteiger partial charge is 0.305 e. The molecular formula is C13H24N2O3. The zero-order chi connectivity index (χ0) is 13.2. The van der Waals surface area contributed by atoms with Gasteiger partial charge in [0.1, 0.15) is 0 Å². The molecule has 0 bridgehead atoms. The Morgan fingerprint density at radius 2 is 1.94 bits per heavy atom. The highest BCUT2D eigenvalue weighted by molar-refractivity contribution is 5.68. The van der Waals surface area contributed by atoms with Crippen LogP contribution in [0.3, 0.4) is 0 Å². The second-order valence-corrected chi connectivity index (χ2v) is 5.67. The minimum Gasteiger partial charge on any atom is -0.481 e. The number of carbonyl (C=O) groups is 1. The number of ether oxygens (including phenoxy) is 1. The van der Waals surface area contributed by atoms with Crippen LogP contribution in [0.15, 0.2) is 0 Å². The van der Waals surface area contributed by atoms with Crippen LogP contribution in [0.5, 0.6) is 0 Å². The monoisotopic (exact) mass is 256 g/mol. The third-order valence-corrected chi connectivity index (χ3v) is 4.32. The van der Waals surface area contributed by atoms with Gasteiger partial charge in [0.15, 0.2) is 0 Å². The number of carboxylic acids is 1. The molecule has 0 spiro atoms.